The van der Waals surface area contributed by atoms with Crippen LogP contribution in [0.5, 0.6) is 0 Å². The van der Waals surface area contributed by atoms with Gasteiger partial charge >= 0.3 is 0 Å². The molecule has 0 radical (unpaired) electrons. The van der Waals surface area contributed by atoms with Gasteiger partial charge in [-0.2, -0.15) is 0 Å². The monoisotopic (exact) mass is 318 g/mol. The van der Waals surface area contributed by atoms with E-state index in [0.717, 1.165) is 12.0 Å². The van der Waals surface area contributed by atoms with Crippen molar-refractivity contribution in [1.29, 1.82) is 0 Å². The Balaban J connectivity index is 1.96. The zero-order chi connectivity index (χ0) is 16.5. The topological polar surface area (TPSA) is 17.1 Å². The third-order valence-electron chi connectivity index (χ3n) is 6.02. The molecule has 1 heteroatoms. The first-order chi connectivity index (χ1) is 11.1. The summed E-state index contributed by atoms with van der Waals surface area (Å²) in [5.41, 5.74) is 1.35. The third-order valence-corrected chi connectivity index (χ3v) is 6.02. The Kier molecular flexibility index (Phi) is 7.86. The van der Waals surface area contributed by atoms with Gasteiger partial charge < -0.3 is 0 Å². The lowest BCUT2D eigenvalue weighted by Gasteiger charge is -2.27. The van der Waals surface area contributed by atoms with Crippen LogP contribution in [0.1, 0.15) is 110 Å². The lowest BCUT2D eigenvalue weighted by Crippen LogP contribution is -2.17. The van der Waals surface area contributed by atoms with Crippen LogP contribution in [-0.2, 0) is 4.79 Å². The second-order valence-corrected chi connectivity index (χ2v) is 8.46. The number of rotatable bonds is 1. The smallest absolute Gasteiger partial charge is 0.159 e. The maximum atomic E-state index is 12.4. The van der Waals surface area contributed by atoms with E-state index in [4.69, 9.17) is 0 Å². The molecular formula is C22H38O. The molecule has 0 aromatic heterocycles. The van der Waals surface area contributed by atoms with Crippen molar-refractivity contribution in [2.45, 2.75) is 110 Å². The van der Waals surface area contributed by atoms with Gasteiger partial charge in [0, 0.05) is 6.42 Å². The van der Waals surface area contributed by atoms with E-state index in [1.165, 1.54) is 89.9 Å². The van der Waals surface area contributed by atoms with Crippen molar-refractivity contribution >= 4 is 5.78 Å². The zero-order valence-electron chi connectivity index (χ0n) is 15.7. The number of carbonyl (C=O) groups is 1. The van der Waals surface area contributed by atoms with Crippen molar-refractivity contribution in [3.05, 3.63) is 11.6 Å². The van der Waals surface area contributed by atoms with E-state index in [9.17, 15) is 4.79 Å². The molecule has 0 aromatic carbocycles. The quantitative estimate of drug-likeness (QED) is 0.508. The summed E-state index contributed by atoms with van der Waals surface area (Å²) in [7, 11) is 0. The number of allylic oxidation sites excluding steroid dienone is 2. The molecule has 0 aliphatic heterocycles. The summed E-state index contributed by atoms with van der Waals surface area (Å²) in [6, 6.07) is 0. The van der Waals surface area contributed by atoms with Gasteiger partial charge in [-0.25, -0.2) is 0 Å². The molecule has 1 nitrogen and oxygen atoms in total. The first kappa shape index (κ1) is 18.7. The number of carbonyl (C=O) groups excluding carboxylic acids is 1. The highest BCUT2D eigenvalue weighted by Gasteiger charge is 2.37. The molecule has 0 atom stereocenters. The second-order valence-electron chi connectivity index (χ2n) is 8.46. The van der Waals surface area contributed by atoms with E-state index in [1.807, 2.05) is 0 Å². The molecular weight excluding hydrogens is 280 g/mol. The first-order valence-corrected chi connectivity index (χ1v) is 10.4. The van der Waals surface area contributed by atoms with Crippen molar-refractivity contribution in [2.75, 3.05) is 0 Å². The molecule has 0 bridgehead atoms. The Morgan fingerprint density at radius 3 is 1.48 bits per heavy atom. The maximum absolute atomic E-state index is 12.4. The SMILES string of the molecule is CC(C)C1=CC2(CCCCCCCCCCCCCC2)CC1=O. The predicted molar refractivity (Wildman–Crippen MR) is 99.6 cm³/mol. The van der Waals surface area contributed by atoms with Crippen molar-refractivity contribution in [3.8, 4) is 0 Å². The average molecular weight is 319 g/mol. The van der Waals surface area contributed by atoms with Gasteiger partial charge in [0.1, 0.15) is 0 Å². The summed E-state index contributed by atoms with van der Waals surface area (Å²) < 4.78 is 0. The van der Waals surface area contributed by atoms with Gasteiger partial charge in [-0.15, -0.1) is 0 Å². The van der Waals surface area contributed by atoms with Crippen molar-refractivity contribution in [2.24, 2.45) is 11.3 Å². The number of ketones is 1. The molecule has 2 aliphatic carbocycles. The Labute approximate surface area is 144 Å². The van der Waals surface area contributed by atoms with Crippen LogP contribution >= 0.6 is 0 Å². The highest BCUT2D eigenvalue weighted by Crippen LogP contribution is 2.44. The van der Waals surface area contributed by atoms with E-state index < -0.39 is 0 Å². The Hall–Kier alpha value is -0.590. The molecule has 132 valence electrons. The minimum absolute atomic E-state index is 0.219. The number of Topliss-reactive ketones (excluding diaryl/α,β-unsaturated/α-hetero) is 1. The Bertz CT molecular complexity index is 375. The average Bonchev–Trinajstić information content (AvgIpc) is 2.84. The molecule has 0 saturated heterocycles. The summed E-state index contributed by atoms with van der Waals surface area (Å²) >= 11 is 0. The van der Waals surface area contributed by atoms with Crippen LogP contribution in [0.15, 0.2) is 11.6 Å². The lowest BCUT2D eigenvalue weighted by molar-refractivity contribution is -0.116. The van der Waals surface area contributed by atoms with Crippen LogP contribution in [0.2, 0.25) is 0 Å². The van der Waals surface area contributed by atoms with E-state index in [-0.39, 0.29) is 5.41 Å². The van der Waals surface area contributed by atoms with Gasteiger partial charge in [0.05, 0.1) is 0 Å². The van der Waals surface area contributed by atoms with Crippen molar-refractivity contribution < 1.29 is 4.79 Å². The molecule has 2 rings (SSSR count). The van der Waals surface area contributed by atoms with E-state index in [2.05, 4.69) is 19.9 Å². The van der Waals surface area contributed by atoms with Gasteiger partial charge in [0.25, 0.3) is 0 Å². The fourth-order valence-corrected chi connectivity index (χ4v) is 4.54. The predicted octanol–water partition coefficient (Wildman–Crippen LogP) is 7.00. The summed E-state index contributed by atoms with van der Waals surface area (Å²) in [5.74, 6) is 0.844. The molecule has 1 spiro atoms. The lowest BCUT2D eigenvalue weighted by atomic mass is 9.77. The molecule has 2 aliphatic rings. The maximum Gasteiger partial charge on any atom is 0.159 e. The second kappa shape index (κ2) is 9.64. The minimum Gasteiger partial charge on any atom is -0.295 e. The van der Waals surface area contributed by atoms with Crippen LogP contribution in [0, 0.1) is 11.3 Å². The zero-order valence-corrected chi connectivity index (χ0v) is 15.7. The molecule has 0 aromatic rings. The highest BCUT2D eigenvalue weighted by atomic mass is 16.1. The molecule has 1 fully saturated rings. The normalized spacial score (nSPS) is 25.2. The fourth-order valence-electron chi connectivity index (χ4n) is 4.54. The fraction of sp³-hybridized carbons (Fsp3) is 0.864. The molecule has 23 heavy (non-hydrogen) atoms. The van der Waals surface area contributed by atoms with Crippen LogP contribution < -0.4 is 0 Å². The molecule has 0 amide bonds. The standard InChI is InChI=1S/C22H38O/c1-19(2)20-17-22(18-21(20)23)15-13-11-9-7-5-3-4-6-8-10-12-14-16-22/h17,19H,3-16,18H2,1-2H3. The molecule has 0 N–H and O–H groups in total. The highest BCUT2D eigenvalue weighted by molar-refractivity contribution is 5.99. The number of hydrogen-bond donors (Lipinski definition) is 0. The summed E-state index contributed by atoms with van der Waals surface area (Å²) in [6.07, 6.45) is 22.4. The van der Waals surface area contributed by atoms with Crippen LogP contribution in [0.3, 0.4) is 0 Å². The third kappa shape index (κ3) is 6.08. The van der Waals surface area contributed by atoms with E-state index >= 15 is 0 Å². The minimum atomic E-state index is 0.219. The molecule has 0 heterocycles. The van der Waals surface area contributed by atoms with Crippen LogP contribution in [0.4, 0.5) is 0 Å². The largest absolute Gasteiger partial charge is 0.295 e. The Morgan fingerprint density at radius 1 is 0.739 bits per heavy atom. The van der Waals surface area contributed by atoms with E-state index in [0.29, 0.717) is 11.7 Å². The van der Waals surface area contributed by atoms with Gasteiger partial charge in [0.2, 0.25) is 0 Å². The Morgan fingerprint density at radius 2 is 1.13 bits per heavy atom. The van der Waals surface area contributed by atoms with Gasteiger partial charge in [-0.05, 0) is 29.7 Å². The number of hydrogen-bond acceptors (Lipinski definition) is 1. The van der Waals surface area contributed by atoms with Crippen molar-refractivity contribution in [3.63, 3.8) is 0 Å². The van der Waals surface area contributed by atoms with Gasteiger partial charge in [-0.3, -0.25) is 4.79 Å². The van der Waals surface area contributed by atoms with Crippen LogP contribution in [-0.4, -0.2) is 5.78 Å². The van der Waals surface area contributed by atoms with Gasteiger partial charge in [-0.1, -0.05) is 97.0 Å². The van der Waals surface area contributed by atoms with Gasteiger partial charge in [0.15, 0.2) is 5.78 Å². The van der Waals surface area contributed by atoms with Crippen molar-refractivity contribution in [1.82, 2.24) is 0 Å². The van der Waals surface area contributed by atoms with E-state index in [1.54, 1.807) is 0 Å². The molecule has 0 unspecified atom stereocenters. The summed E-state index contributed by atoms with van der Waals surface area (Å²) in [6.45, 7) is 4.35. The first-order valence-electron chi connectivity index (χ1n) is 10.4. The van der Waals surface area contributed by atoms with Crippen LogP contribution in [0.25, 0.3) is 0 Å². The summed E-state index contributed by atoms with van der Waals surface area (Å²) in [4.78, 5) is 12.4. The summed E-state index contributed by atoms with van der Waals surface area (Å²) in [5, 5.41) is 0. The molecule has 1 saturated carbocycles.